The summed E-state index contributed by atoms with van der Waals surface area (Å²) in [6, 6.07) is 13.3. The van der Waals surface area contributed by atoms with E-state index in [1.54, 1.807) is 36.4 Å². The van der Waals surface area contributed by atoms with Crippen LogP contribution in [0.1, 0.15) is 12.0 Å². The van der Waals surface area contributed by atoms with Gasteiger partial charge in [-0.3, -0.25) is 4.79 Å². The molecule has 128 valence electrons. The van der Waals surface area contributed by atoms with Crippen LogP contribution in [0.3, 0.4) is 0 Å². The molecule has 0 saturated carbocycles. The molecule has 0 aromatic heterocycles. The molecular formula is C17H17Cl2NO3S. The van der Waals surface area contributed by atoms with E-state index < -0.39 is 9.84 Å². The Balaban J connectivity index is 1.79. The number of sulfone groups is 1. The Labute approximate surface area is 151 Å². The highest BCUT2D eigenvalue weighted by Gasteiger charge is 2.15. The third kappa shape index (κ3) is 5.51. The maximum Gasteiger partial charge on any atom is 0.221 e. The van der Waals surface area contributed by atoms with Crippen LogP contribution in [0, 0.1) is 0 Å². The monoisotopic (exact) mass is 385 g/mol. The minimum atomic E-state index is -3.44. The van der Waals surface area contributed by atoms with Gasteiger partial charge in [-0.1, -0.05) is 47.5 Å². The van der Waals surface area contributed by atoms with Gasteiger partial charge in [0.2, 0.25) is 5.91 Å². The topological polar surface area (TPSA) is 63.2 Å². The lowest BCUT2D eigenvalue weighted by molar-refractivity contribution is -0.120. The molecule has 0 aliphatic carbocycles. The summed E-state index contributed by atoms with van der Waals surface area (Å²) in [4.78, 5) is 12.0. The average molecular weight is 386 g/mol. The molecule has 2 aromatic carbocycles. The molecule has 7 heteroatoms. The van der Waals surface area contributed by atoms with Crippen molar-refractivity contribution >= 4 is 38.9 Å². The second-order valence-electron chi connectivity index (χ2n) is 5.22. The molecule has 0 atom stereocenters. The summed E-state index contributed by atoms with van der Waals surface area (Å²) in [7, 11) is -3.44. The fraction of sp³-hybridized carbons (Fsp3) is 0.235. The molecule has 2 rings (SSSR count). The Morgan fingerprint density at radius 2 is 1.75 bits per heavy atom. The predicted molar refractivity (Wildman–Crippen MR) is 96.3 cm³/mol. The van der Waals surface area contributed by atoms with Gasteiger partial charge in [0.1, 0.15) is 0 Å². The predicted octanol–water partition coefficient (Wildman–Crippen LogP) is 3.52. The van der Waals surface area contributed by atoms with Gasteiger partial charge in [-0.2, -0.15) is 0 Å². The van der Waals surface area contributed by atoms with Crippen LogP contribution in [-0.4, -0.2) is 26.6 Å². The third-order valence-corrected chi connectivity index (χ3v) is 5.75. The summed E-state index contributed by atoms with van der Waals surface area (Å²) in [5.74, 6) is -0.524. The van der Waals surface area contributed by atoms with Crippen LogP contribution in [0.4, 0.5) is 0 Å². The number of halogens is 2. The number of benzene rings is 2. The van der Waals surface area contributed by atoms with Crippen molar-refractivity contribution in [3.63, 3.8) is 0 Å². The van der Waals surface area contributed by atoms with Gasteiger partial charge in [-0.05, 0) is 36.2 Å². The average Bonchev–Trinajstić information content (AvgIpc) is 2.56. The lowest BCUT2D eigenvalue weighted by Crippen LogP contribution is -2.27. The van der Waals surface area contributed by atoms with Crippen LogP contribution in [0.5, 0.6) is 0 Å². The van der Waals surface area contributed by atoms with E-state index in [1.165, 1.54) is 12.1 Å². The lowest BCUT2D eigenvalue weighted by Gasteiger charge is -2.08. The first kappa shape index (κ1) is 18.8. The van der Waals surface area contributed by atoms with Crippen LogP contribution >= 0.6 is 23.2 Å². The van der Waals surface area contributed by atoms with E-state index >= 15 is 0 Å². The second kappa shape index (κ2) is 8.51. The highest BCUT2D eigenvalue weighted by atomic mass is 35.5. The standard InChI is InChI=1S/C17H17Cl2NO3S/c18-14-7-6-13(16(19)12-14)8-10-20-17(21)9-11-24(22,23)15-4-2-1-3-5-15/h1-7,12H,8-11H2,(H,20,21). The van der Waals surface area contributed by atoms with E-state index in [1.807, 2.05) is 0 Å². The molecule has 0 spiro atoms. The summed E-state index contributed by atoms with van der Waals surface area (Å²) in [5, 5.41) is 3.80. The van der Waals surface area contributed by atoms with Gasteiger partial charge in [-0.25, -0.2) is 8.42 Å². The molecule has 0 aliphatic rings. The van der Waals surface area contributed by atoms with Gasteiger partial charge in [-0.15, -0.1) is 0 Å². The molecule has 0 saturated heterocycles. The third-order valence-electron chi connectivity index (χ3n) is 3.43. The second-order valence-corrected chi connectivity index (χ2v) is 8.17. The van der Waals surface area contributed by atoms with Crippen molar-refractivity contribution in [1.29, 1.82) is 0 Å². The number of carbonyl (C=O) groups is 1. The van der Waals surface area contributed by atoms with Gasteiger partial charge >= 0.3 is 0 Å². The van der Waals surface area contributed by atoms with Crippen molar-refractivity contribution in [3.05, 3.63) is 64.1 Å². The molecule has 0 bridgehead atoms. The minimum absolute atomic E-state index is 0.0778. The van der Waals surface area contributed by atoms with E-state index in [9.17, 15) is 13.2 Å². The summed E-state index contributed by atoms with van der Waals surface area (Å²) in [5.41, 5.74) is 0.873. The molecule has 0 aliphatic heterocycles. The minimum Gasteiger partial charge on any atom is -0.356 e. The quantitative estimate of drug-likeness (QED) is 0.792. The Hall–Kier alpha value is -1.56. The summed E-state index contributed by atoms with van der Waals surface area (Å²) < 4.78 is 24.2. The van der Waals surface area contributed by atoms with E-state index in [-0.39, 0.29) is 23.0 Å². The SMILES string of the molecule is O=C(CCS(=O)(=O)c1ccccc1)NCCc1ccc(Cl)cc1Cl. The first-order chi connectivity index (χ1) is 11.4. The molecule has 4 nitrogen and oxygen atoms in total. The number of hydrogen-bond donors (Lipinski definition) is 1. The van der Waals surface area contributed by atoms with Gasteiger partial charge < -0.3 is 5.32 Å². The molecule has 0 fully saturated rings. The Kier molecular flexibility index (Phi) is 6.66. The highest BCUT2D eigenvalue weighted by Crippen LogP contribution is 2.21. The zero-order valence-electron chi connectivity index (χ0n) is 12.8. The number of amides is 1. The number of hydrogen-bond acceptors (Lipinski definition) is 3. The normalized spacial score (nSPS) is 11.2. The molecule has 1 amide bonds. The fourth-order valence-electron chi connectivity index (χ4n) is 2.12. The maximum absolute atomic E-state index is 12.1. The van der Waals surface area contributed by atoms with E-state index in [0.717, 1.165) is 5.56 Å². The molecule has 0 radical (unpaired) electrons. The van der Waals surface area contributed by atoms with Crippen molar-refractivity contribution in [2.75, 3.05) is 12.3 Å². The summed E-state index contributed by atoms with van der Waals surface area (Å²) in [6.07, 6.45) is 0.471. The Morgan fingerprint density at radius 1 is 1.04 bits per heavy atom. The zero-order valence-corrected chi connectivity index (χ0v) is 15.2. The smallest absolute Gasteiger partial charge is 0.221 e. The van der Waals surface area contributed by atoms with Crippen molar-refractivity contribution in [3.8, 4) is 0 Å². The van der Waals surface area contributed by atoms with Crippen molar-refractivity contribution < 1.29 is 13.2 Å². The van der Waals surface area contributed by atoms with Gasteiger partial charge in [0, 0.05) is 23.0 Å². The van der Waals surface area contributed by atoms with E-state index in [2.05, 4.69) is 5.32 Å². The Bertz CT molecular complexity index is 808. The van der Waals surface area contributed by atoms with Crippen molar-refractivity contribution in [2.24, 2.45) is 0 Å². The van der Waals surface area contributed by atoms with Crippen LogP contribution in [0.15, 0.2) is 53.4 Å². The first-order valence-corrected chi connectivity index (χ1v) is 9.78. The number of nitrogens with one attached hydrogen (secondary N) is 1. The van der Waals surface area contributed by atoms with Crippen LogP contribution in [0.25, 0.3) is 0 Å². The molecular weight excluding hydrogens is 369 g/mol. The van der Waals surface area contributed by atoms with Gasteiger partial charge in [0.15, 0.2) is 9.84 Å². The molecule has 1 N–H and O–H groups in total. The van der Waals surface area contributed by atoms with Crippen molar-refractivity contribution in [2.45, 2.75) is 17.7 Å². The van der Waals surface area contributed by atoms with E-state index in [0.29, 0.717) is 23.0 Å². The lowest BCUT2D eigenvalue weighted by atomic mass is 10.1. The van der Waals surface area contributed by atoms with Gasteiger partial charge in [0.05, 0.1) is 10.6 Å². The van der Waals surface area contributed by atoms with Crippen LogP contribution in [0.2, 0.25) is 10.0 Å². The van der Waals surface area contributed by atoms with Gasteiger partial charge in [0.25, 0.3) is 0 Å². The maximum atomic E-state index is 12.1. The fourth-order valence-corrected chi connectivity index (χ4v) is 3.89. The number of rotatable bonds is 7. The van der Waals surface area contributed by atoms with E-state index in [4.69, 9.17) is 23.2 Å². The highest BCUT2D eigenvalue weighted by molar-refractivity contribution is 7.91. The molecule has 0 heterocycles. The first-order valence-electron chi connectivity index (χ1n) is 7.37. The summed E-state index contributed by atoms with van der Waals surface area (Å²) >= 11 is 11.9. The molecule has 2 aromatic rings. The van der Waals surface area contributed by atoms with Crippen molar-refractivity contribution in [1.82, 2.24) is 5.32 Å². The Morgan fingerprint density at radius 3 is 2.42 bits per heavy atom. The van der Waals surface area contributed by atoms with Crippen LogP contribution in [-0.2, 0) is 21.1 Å². The zero-order chi connectivity index (χ0) is 17.6. The van der Waals surface area contributed by atoms with Crippen LogP contribution < -0.4 is 5.32 Å². The largest absolute Gasteiger partial charge is 0.356 e. The number of carbonyl (C=O) groups excluding carboxylic acids is 1. The summed E-state index contributed by atoms with van der Waals surface area (Å²) in [6.45, 7) is 0.381. The molecule has 0 unspecified atom stereocenters. The molecule has 24 heavy (non-hydrogen) atoms.